The SMILES string of the molecule is C#CCn1c2c(c3cccc(F)c31)C(=O)N(Cc1nc[nH]c1C)CC2. The molecule has 1 aliphatic heterocycles. The molecule has 0 saturated carbocycles. The van der Waals surface area contributed by atoms with Crippen molar-refractivity contribution in [3.8, 4) is 12.3 Å². The molecule has 0 fully saturated rings. The number of terminal acetylenes is 1. The Hall–Kier alpha value is -3.07. The summed E-state index contributed by atoms with van der Waals surface area (Å²) in [6, 6.07) is 4.81. The molecule has 0 bridgehead atoms. The van der Waals surface area contributed by atoms with E-state index in [2.05, 4.69) is 15.9 Å². The molecule has 0 atom stereocenters. The van der Waals surface area contributed by atoms with Crippen molar-refractivity contribution in [3.05, 3.63) is 53.0 Å². The van der Waals surface area contributed by atoms with Gasteiger partial charge in [0.1, 0.15) is 5.82 Å². The highest BCUT2D eigenvalue weighted by molar-refractivity contribution is 6.09. The number of halogens is 1. The maximum atomic E-state index is 14.4. The predicted molar refractivity (Wildman–Crippen MR) is 92.5 cm³/mol. The molecule has 0 saturated heterocycles. The molecule has 1 N–H and O–H groups in total. The first kappa shape index (κ1) is 15.5. The first-order valence-electron chi connectivity index (χ1n) is 8.13. The molecule has 5 nitrogen and oxygen atoms in total. The minimum absolute atomic E-state index is 0.102. The van der Waals surface area contributed by atoms with Crippen molar-refractivity contribution in [2.24, 2.45) is 0 Å². The van der Waals surface area contributed by atoms with E-state index in [9.17, 15) is 9.18 Å². The number of carbonyl (C=O) groups excluding carboxylic acids is 1. The van der Waals surface area contributed by atoms with Gasteiger partial charge in [-0.05, 0) is 13.0 Å². The fraction of sp³-hybridized carbons (Fsp3) is 0.263. The molecule has 0 radical (unpaired) electrons. The minimum Gasteiger partial charge on any atom is -0.348 e. The number of rotatable bonds is 3. The van der Waals surface area contributed by atoms with Gasteiger partial charge in [0.15, 0.2) is 0 Å². The monoisotopic (exact) mass is 336 g/mol. The standard InChI is InChI=1S/C19H17FN4O/c1-3-8-24-16-7-9-23(10-15-12(2)21-11-22-15)19(25)17(16)13-5-4-6-14(20)18(13)24/h1,4-6,11H,7-10H2,2H3,(H,21,22). The number of hydrogen-bond donors (Lipinski definition) is 1. The van der Waals surface area contributed by atoms with E-state index in [4.69, 9.17) is 6.42 Å². The van der Waals surface area contributed by atoms with Crippen LogP contribution in [0.5, 0.6) is 0 Å². The lowest BCUT2D eigenvalue weighted by atomic mass is 10.0. The van der Waals surface area contributed by atoms with Crippen LogP contribution in [-0.4, -0.2) is 31.9 Å². The van der Waals surface area contributed by atoms with E-state index in [1.807, 2.05) is 6.92 Å². The Labute approximate surface area is 144 Å². The lowest BCUT2D eigenvalue weighted by molar-refractivity contribution is 0.0725. The van der Waals surface area contributed by atoms with Crippen molar-refractivity contribution in [3.63, 3.8) is 0 Å². The van der Waals surface area contributed by atoms with E-state index in [-0.39, 0.29) is 18.3 Å². The zero-order valence-electron chi connectivity index (χ0n) is 13.8. The molecule has 1 amide bonds. The van der Waals surface area contributed by atoms with E-state index in [0.29, 0.717) is 36.0 Å². The van der Waals surface area contributed by atoms with Crippen molar-refractivity contribution in [2.45, 2.75) is 26.4 Å². The molecular formula is C19H17FN4O. The van der Waals surface area contributed by atoms with Crippen LogP contribution in [0.1, 0.15) is 27.4 Å². The van der Waals surface area contributed by atoms with Crippen LogP contribution in [0.15, 0.2) is 24.5 Å². The van der Waals surface area contributed by atoms with Gasteiger partial charge in [0, 0.05) is 29.7 Å². The molecule has 3 heterocycles. The minimum atomic E-state index is -0.357. The summed E-state index contributed by atoms with van der Waals surface area (Å²) >= 11 is 0. The maximum absolute atomic E-state index is 14.4. The second kappa shape index (κ2) is 5.78. The highest BCUT2D eigenvalue weighted by Crippen LogP contribution is 2.32. The number of imidazole rings is 1. The predicted octanol–water partition coefficient (Wildman–Crippen LogP) is 2.64. The van der Waals surface area contributed by atoms with Crippen molar-refractivity contribution < 1.29 is 9.18 Å². The summed E-state index contributed by atoms with van der Waals surface area (Å²) in [5, 5.41) is 0.624. The summed E-state index contributed by atoms with van der Waals surface area (Å²) in [7, 11) is 0. The smallest absolute Gasteiger partial charge is 0.256 e. The third kappa shape index (κ3) is 2.31. The van der Waals surface area contributed by atoms with Crippen LogP contribution in [0.25, 0.3) is 10.9 Å². The van der Waals surface area contributed by atoms with Crippen LogP contribution < -0.4 is 0 Å². The summed E-state index contributed by atoms with van der Waals surface area (Å²) in [5.74, 6) is 2.11. The van der Waals surface area contributed by atoms with E-state index in [1.54, 1.807) is 27.9 Å². The van der Waals surface area contributed by atoms with Gasteiger partial charge in [0.05, 0.1) is 36.2 Å². The summed E-state index contributed by atoms with van der Waals surface area (Å²) in [6.45, 7) is 3.17. The Morgan fingerprint density at radius 2 is 2.28 bits per heavy atom. The van der Waals surface area contributed by atoms with Gasteiger partial charge >= 0.3 is 0 Å². The molecule has 0 aliphatic carbocycles. The molecule has 0 spiro atoms. The van der Waals surface area contributed by atoms with Crippen LogP contribution in [0.2, 0.25) is 0 Å². The Balaban J connectivity index is 1.82. The van der Waals surface area contributed by atoms with Crippen LogP contribution >= 0.6 is 0 Å². The van der Waals surface area contributed by atoms with Crippen LogP contribution in [0.4, 0.5) is 4.39 Å². The lowest BCUT2D eigenvalue weighted by Crippen LogP contribution is -2.37. The van der Waals surface area contributed by atoms with Crippen LogP contribution in [0, 0.1) is 25.1 Å². The average molecular weight is 336 g/mol. The Morgan fingerprint density at radius 1 is 1.44 bits per heavy atom. The second-order valence-corrected chi connectivity index (χ2v) is 6.20. The molecule has 2 aromatic heterocycles. The van der Waals surface area contributed by atoms with E-state index >= 15 is 0 Å². The number of fused-ring (bicyclic) bond motifs is 3. The highest BCUT2D eigenvalue weighted by Gasteiger charge is 2.31. The summed E-state index contributed by atoms with van der Waals surface area (Å²) < 4.78 is 16.2. The number of hydrogen-bond acceptors (Lipinski definition) is 2. The van der Waals surface area contributed by atoms with Gasteiger partial charge in [-0.3, -0.25) is 4.79 Å². The number of aryl methyl sites for hydroxylation is 1. The van der Waals surface area contributed by atoms with E-state index < -0.39 is 0 Å². The average Bonchev–Trinajstić information content (AvgIpc) is 3.14. The summed E-state index contributed by atoms with van der Waals surface area (Å²) in [6.07, 6.45) is 7.73. The van der Waals surface area contributed by atoms with Gasteiger partial charge in [-0.1, -0.05) is 18.1 Å². The quantitative estimate of drug-likeness (QED) is 0.748. The van der Waals surface area contributed by atoms with Gasteiger partial charge in [0.2, 0.25) is 0 Å². The summed E-state index contributed by atoms with van der Waals surface area (Å²) in [5.41, 5.74) is 3.58. The first-order chi connectivity index (χ1) is 12.1. The van der Waals surface area contributed by atoms with Gasteiger partial charge in [-0.25, -0.2) is 9.37 Å². The second-order valence-electron chi connectivity index (χ2n) is 6.20. The normalized spacial score (nSPS) is 14.0. The Kier molecular flexibility index (Phi) is 3.57. The zero-order valence-corrected chi connectivity index (χ0v) is 13.8. The van der Waals surface area contributed by atoms with Gasteiger partial charge < -0.3 is 14.5 Å². The molecule has 25 heavy (non-hydrogen) atoms. The fourth-order valence-electron chi connectivity index (χ4n) is 3.56. The topological polar surface area (TPSA) is 53.9 Å². The number of para-hydroxylation sites is 1. The number of nitrogens with one attached hydrogen (secondary N) is 1. The van der Waals surface area contributed by atoms with Gasteiger partial charge in [-0.2, -0.15) is 0 Å². The number of amides is 1. The highest BCUT2D eigenvalue weighted by atomic mass is 19.1. The third-order valence-corrected chi connectivity index (χ3v) is 4.78. The first-order valence-corrected chi connectivity index (χ1v) is 8.13. The maximum Gasteiger partial charge on any atom is 0.256 e. The molecule has 0 unspecified atom stereocenters. The lowest BCUT2D eigenvalue weighted by Gasteiger charge is -2.27. The molecule has 4 rings (SSSR count). The number of aromatic nitrogens is 3. The molecule has 1 aromatic carbocycles. The number of carbonyl (C=O) groups is 1. The third-order valence-electron chi connectivity index (χ3n) is 4.78. The van der Waals surface area contributed by atoms with Crippen LogP contribution in [0.3, 0.4) is 0 Å². The van der Waals surface area contributed by atoms with Crippen LogP contribution in [-0.2, 0) is 19.5 Å². The molecular weight excluding hydrogens is 319 g/mol. The Morgan fingerprint density at radius 3 is 3.00 bits per heavy atom. The molecule has 1 aliphatic rings. The molecule has 3 aromatic rings. The van der Waals surface area contributed by atoms with Crippen molar-refractivity contribution >= 4 is 16.8 Å². The van der Waals surface area contributed by atoms with E-state index in [1.165, 1.54) is 6.07 Å². The molecule has 6 heteroatoms. The van der Waals surface area contributed by atoms with Crippen molar-refractivity contribution in [2.75, 3.05) is 6.54 Å². The van der Waals surface area contributed by atoms with Crippen molar-refractivity contribution in [1.29, 1.82) is 0 Å². The van der Waals surface area contributed by atoms with E-state index in [0.717, 1.165) is 17.1 Å². The molecule has 126 valence electrons. The fourth-order valence-corrected chi connectivity index (χ4v) is 3.56. The number of aromatic amines is 1. The summed E-state index contributed by atoms with van der Waals surface area (Å²) in [4.78, 5) is 22.2. The number of nitrogens with zero attached hydrogens (tertiary/aromatic N) is 3. The van der Waals surface area contributed by atoms with Crippen molar-refractivity contribution in [1.82, 2.24) is 19.4 Å². The number of H-pyrrole nitrogens is 1. The van der Waals surface area contributed by atoms with Gasteiger partial charge in [0.25, 0.3) is 5.91 Å². The number of benzene rings is 1. The Bertz CT molecular complexity index is 1020. The van der Waals surface area contributed by atoms with Gasteiger partial charge in [-0.15, -0.1) is 6.42 Å². The largest absolute Gasteiger partial charge is 0.348 e. The zero-order chi connectivity index (χ0) is 17.6.